The Morgan fingerprint density at radius 3 is 2.63 bits per heavy atom. The van der Waals surface area contributed by atoms with Crippen LogP contribution in [0, 0.1) is 10.1 Å². The van der Waals surface area contributed by atoms with Crippen molar-refractivity contribution in [3.05, 3.63) is 28.3 Å². The Kier molecular flexibility index (Phi) is 4.21. The molecule has 0 saturated heterocycles. The minimum Gasteiger partial charge on any atom is -0.369 e. The van der Waals surface area contributed by atoms with Gasteiger partial charge in [0.25, 0.3) is 5.69 Å². The average Bonchev–Trinajstić information content (AvgIpc) is 2.93. The lowest BCUT2D eigenvalue weighted by atomic mass is 10.1. The number of nitrogens with two attached hydrogens (primary N) is 1. The SMILES string of the molecule is CCN(c1cc(NN)cc([N+](=O)[O-])c1)C1CCCC1. The van der Waals surface area contributed by atoms with E-state index in [0.717, 1.165) is 25.1 Å². The summed E-state index contributed by atoms with van der Waals surface area (Å²) in [6, 6.07) is 5.43. The maximum atomic E-state index is 11.0. The first-order chi connectivity index (χ1) is 9.15. The van der Waals surface area contributed by atoms with E-state index in [2.05, 4.69) is 17.2 Å². The van der Waals surface area contributed by atoms with E-state index < -0.39 is 0 Å². The van der Waals surface area contributed by atoms with E-state index in [1.165, 1.54) is 18.9 Å². The molecule has 0 unspecified atom stereocenters. The van der Waals surface area contributed by atoms with Crippen LogP contribution in [0.25, 0.3) is 0 Å². The lowest BCUT2D eigenvalue weighted by Gasteiger charge is -2.30. The van der Waals surface area contributed by atoms with Gasteiger partial charge in [0.2, 0.25) is 0 Å². The predicted octanol–water partition coefficient (Wildman–Crippen LogP) is 2.65. The normalized spacial score (nSPS) is 15.5. The number of rotatable bonds is 5. The Hall–Kier alpha value is -1.82. The molecule has 6 nitrogen and oxygen atoms in total. The summed E-state index contributed by atoms with van der Waals surface area (Å²) in [4.78, 5) is 12.8. The number of hydrogen-bond acceptors (Lipinski definition) is 5. The second kappa shape index (κ2) is 5.88. The van der Waals surface area contributed by atoms with E-state index in [0.29, 0.717) is 11.7 Å². The highest BCUT2D eigenvalue weighted by Gasteiger charge is 2.23. The summed E-state index contributed by atoms with van der Waals surface area (Å²) in [7, 11) is 0. The van der Waals surface area contributed by atoms with Gasteiger partial charge in [-0.25, -0.2) is 0 Å². The van der Waals surface area contributed by atoms with E-state index in [-0.39, 0.29) is 10.6 Å². The third kappa shape index (κ3) is 2.96. The van der Waals surface area contributed by atoms with E-state index in [1.807, 2.05) is 6.07 Å². The second-order valence-corrected chi connectivity index (χ2v) is 4.86. The molecule has 19 heavy (non-hydrogen) atoms. The fraction of sp³-hybridized carbons (Fsp3) is 0.538. The molecule has 1 aliphatic carbocycles. The zero-order chi connectivity index (χ0) is 13.8. The van der Waals surface area contributed by atoms with Crippen molar-refractivity contribution in [3.8, 4) is 0 Å². The molecule has 0 amide bonds. The van der Waals surface area contributed by atoms with Gasteiger partial charge in [-0.05, 0) is 25.8 Å². The minimum absolute atomic E-state index is 0.0712. The number of anilines is 2. The van der Waals surface area contributed by atoms with Crippen molar-refractivity contribution in [2.75, 3.05) is 16.9 Å². The van der Waals surface area contributed by atoms with E-state index in [9.17, 15) is 10.1 Å². The Morgan fingerprint density at radius 2 is 2.11 bits per heavy atom. The molecule has 1 aliphatic rings. The molecular weight excluding hydrogens is 244 g/mol. The van der Waals surface area contributed by atoms with Gasteiger partial charge in [0, 0.05) is 30.4 Å². The zero-order valence-corrected chi connectivity index (χ0v) is 11.1. The topological polar surface area (TPSA) is 84.4 Å². The van der Waals surface area contributed by atoms with E-state index in [1.54, 1.807) is 6.07 Å². The van der Waals surface area contributed by atoms with Crippen molar-refractivity contribution in [3.63, 3.8) is 0 Å². The van der Waals surface area contributed by atoms with Crippen molar-refractivity contribution in [2.24, 2.45) is 5.84 Å². The number of nitrogens with one attached hydrogen (secondary N) is 1. The lowest BCUT2D eigenvalue weighted by molar-refractivity contribution is -0.384. The molecule has 0 radical (unpaired) electrons. The first kappa shape index (κ1) is 13.6. The fourth-order valence-electron chi connectivity index (χ4n) is 2.82. The van der Waals surface area contributed by atoms with Crippen LogP contribution in [-0.4, -0.2) is 17.5 Å². The van der Waals surface area contributed by atoms with Crippen LogP contribution in [-0.2, 0) is 0 Å². The van der Waals surface area contributed by atoms with Crippen molar-refractivity contribution < 1.29 is 4.92 Å². The molecular formula is C13H20N4O2. The van der Waals surface area contributed by atoms with Crippen molar-refractivity contribution in [2.45, 2.75) is 38.6 Å². The molecule has 1 saturated carbocycles. The third-order valence-electron chi connectivity index (χ3n) is 3.72. The molecule has 2 rings (SSSR count). The molecule has 104 valence electrons. The maximum Gasteiger partial charge on any atom is 0.273 e. The Morgan fingerprint density at radius 1 is 1.42 bits per heavy atom. The highest BCUT2D eigenvalue weighted by atomic mass is 16.6. The highest BCUT2D eigenvalue weighted by molar-refractivity contribution is 5.64. The van der Waals surface area contributed by atoms with Crippen molar-refractivity contribution in [1.29, 1.82) is 0 Å². The summed E-state index contributed by atoms with van der Waals surface area (Å²) in [5, 5.41) is 11.0. The van der Waals surface area contributed by atoms with Gasteiger partial charge in [0.05, 0.1) is 10.6 Å². The number of non-ortho nitro benzene ring substituents is 1. The molecule has 3 N–H and O–H groups in total. The zero-order valence-electron chi connectivity index (χ0n) is 11.1. The van der Waals surface area contributed by atoms with Gasteiger partial charge in [-0.3, -0.25) is 16.0 Å². The van der Waals surface area contributed by atoms with Gasteiger partial charge >= 0.3 is 0 Å². The Labute approximate surface area is 112 Å². The molecule has 0 heterocycles. The molecule has 6 heteroatoms. The summed E-state index contributed by atoms with van der Waals surface area (Å²) in [5.41, 5.74) is 4.01. The molecule has 1 fully saturated rings. The summed E-state index contributed by atoms with van der Waals surface area (Å²) < 4.78 is 0. The number of nitrogens with zero attached hydrogens (tertiary/aromatic N) is 2. The Balaban J connectivity index is 2.35. The van der Waals surface area contributed by atoms with Crippen LogP contribution in [0.5, 0.6) is 0 Å². The predicted molar refractivity (Wildman–Crippen MR) is 76.2 cm³/mol. The molecule has 1 aromatic rings. The van der Waals surface area contributed by atoms with Crippen LogP contribution in [0.3, 0.4) is 0 Å². The monoisotopic (exact) mass is 264 g/mol. The average molecular weight is 264 g/mol. The highest BCUT2D eigenvalue weighted by Crippen LogP contribution is 2.32. The number of nitro groups is 1. The van der Waals surface area contributed by atoms with E-state index in [4.69, 9.17) is 5.84 Å². The van der Waals surface area contributed by atoms with Crippen LogP contribution in [0.4, 0.5) is 17.1 Å². The number of benzene rings is 1. The van der Waals surface area contributed by atoms with Gasteiger partial charge in [-0.2, -0.15) is 0 Å². The summed E-state index contributed by atoms with van der Waals surface area (Å²) in [6.45, 7) is 2.92. The van der Waals surface area contributed by atoms with Gasteiger partial charge in [0.15, 0.2) is 0 Å². The maximum absolute atomic E-state index is 11.0. The first-order valence-corrected chi connectivity index (χ1v) is 6.68. The molecule has 1 aromatic carbocycles. The van der Waals surface area contributed by atoms with Crippen LogP contribution in [0.2, 0.25) is 0 Å². The van der Waals surface area contributed by atoms with Crippen LogP contribution in [0.1, 0.15) is 32.6 Å². The number of hydrogen-bond donors (Lipinski definition) is 2. The summed E-state index contributed by atoms with van der Waals surface area (Å²) >= 11 is 0. The van der Waals surface area contributed by atoms with Crippen LogP contribution in [0.15, 0.2) is 18.2 Å². The largest absolute Gasteiger partial charge is 0.369 e. The van der Waals surface area contributed by atoms with Crippen molar-refractivity contribution in [1.82, 2.24) is 0 Å². The second-order valence-electron chi connectivity index (χ2n) is 4.86. The Bertz CT molecular complexity index is 458. The number of nitrogen functional groups attached to an aromatic ring is 1. The fourth-order valence-corrected chi connectivity index (χ4v) is 2.82. The standard InChI is InChI=1S/C13H20N4O2/c1-2-16(11-5-3-4-6-11)12-7-10(15-14)8-13(9-12)17(18)19/h7-9,11,15H,2-6,14H2,1H3. The number of nitro benzene ring substituents is 1. The summed E-state index contributed by atoms with van der Waals surface area (Å²) in [5.74, 6) is 5.39. The van der Waals surface area contributed by atoms with Crippen LogP contribution >= 0.6 is 0 Å². The molecule has 0 atom stereocenters. The summed E-state index contributed by atoms with van der Waals surface area (Å²) in [6.07, 6.45) is 4.78. The van der Waals surface area contributed by atoms with Crippen LogP contribution < -0.4 is 16.2 Å². The van der Waals surface area contributed by atoms with Gasteiger partial charge < -0.3 is 10.3 Å². The van der Waals surface area contributed by atoms with Gasteiger partial charge in [0.1, 0.15) is 0 Å². The van der Waals surface area contributed by atoms with E-state index >= 15 is 0 Å². The third-order valence-corrected chi connectivity index (χ3v) is 3.72. The first-order valence-electron chi connectivity index (χ1n) is 6.68. The van der Waals surface area contributed by atoms with Crippen molar-refractivity contribution >= 4 is 17.1 Å². The molecule has 0 aromatic heterocycles. The molecule has 0 bridgehead atoms. The minimum atomic E-state index is -0.382. The lowest BCUT2D eigenvalue weighted by Crippen LogP contribution is -2.33. The quantitative estimate of drug-likeness (QED) is 0.485. The van der Waals surface area contributed by atoms with Gasteiger partial charge in [-0.15, -0.1) is 0 Å². The van der Waals surface area contributed by atoms with Gasteiger partial charge in [-0.1, -0.05) is 12.8 Å². The number of hydrazine groups is 1. The smallest absolute Gasteiger partial charge is 0.273 e. The molecule has 0 spiro atoms. The molecule has 0 aliphatic heterocycles.